The van der Waals surface area contributed by atoms with E-state index in [-0.39, 0.29) is 24.4 Å². The molecule has 0 spiro atoms. The number of hydrogen-bond acceptors (Lipinski definition) is 3. The van der Waals surface area contributed by atoms with Crippen molar-refractivity contribution in [2.45, 2.75) is 26.4 Å². The minimum atomic E-state index is -0.154. The van der Waals surface area contributed by atoms with E-state index >= 15 is 0 Å². The van der Waals surface area contributed by atoms with Gasteiger partial charge < -0.3 is 15.5 Å². The number of rotatable bonds is 4. The van der Waals surface area contributed by atoms with Crippen molar-refractivity contribution >= 4 is 18.3 Å². The SMILES string of the molecule is Cc1ccccc1C(C)NC(=O)c1coc(CN)c1.Cl. The number of hydrogen-bond donors (Lipinski definition) is 2. The summed E-state index contributed by atoms with van der Waals surface area (Å²) in [5.74, 6) is 0.452. The quantitative estimate of drug-likeness (QED) is 0.911. The smallest absolute Gasteiger partial charge is 0.255 e. The standard InChI is InChI=1S/C15H18N2O2.ClH/c1-10-5-3-4-6-14(10)11(2)17-15(18)12-7-13(8-16)19-9-12;/h3-7,9,11H,8,16H2,1-2H3,(H,17,18);1H. The first kappa shape index (κ1) is 16.3. The van der Waals surface area contributed by atoms with Crippen LogP contribution in [0.5, 0.6) is 0 Å². The van der Waals surface area contributed by atoms with Gasteiger partial charge in [0.05, 0.1) is 18.2 Å². The molecule has 1 amide bonds. The second-order valence-corrected chi connectivity index (χ2v) is 4.56. The zero-order valence-electron chi connectivity index (χ0n) is 11.6. The van der Waals surface area contributed by atoms with Gasteiger partial charge in [-0.3, -0.25) is 4.79 Å². The van der Waals surface area contributed by atoms with E-state index in [4.69, 9.17) is 10.2 Å². The number of nitrogens with one attached hydrogen (secondary N) is 1. The molecule has 0 aliphatic carbocycles. The minimum Gasteiger partial charge on any atom is -0.467 e. The van der Waals surface area contributed by atoms with Crippen LogP contribution in [0.2, 0.25) is 0 Å². The van der Waals surface area contributed by atoms with Crippen molar-refractivity contribution in [2.75, 3.05) is 0 Å². The molecule has 1 heterocycles. The molecule has 1 aromatic heterocycles. The highest BCUT2D eigenvalue weighted by molar-refractivity contribution is 5.94. The second kappa shape index (κ2) is 7.12. The zero-order chi connectivity index (χ0) is 13.8. The molecule has 4 nitrogen and oxygen atoms in total. The van der Waals surface area contributed by atoms with Crippen molar-refractivity contribution < 1.29 is 9.21 Å². The van der Waals surface area contributed by atoms with Crippen LogP contribution in [0.15, 0.2) is 41.0 Å². The predicted octanol–water partition coefficient (Wildman–Crippen LogP) is 2.96. The van der Waals surface area contributed by atoms with Gasteiger partial charge in [0.25, 0.3) is 5.91 Å². The maximum absolute atomic E-state index is 12.1. The van der Waals surface area contributed by atoms with Gasteiger partial charge in [0, 0.05) is 0 Å². The number of aryl methyl sites for hydroxylation is 1. The van der Waals surface area contributed by atoms with E-state index < -0.39 is 0 Å². The monoisotopic (exact) mass is 294 g/mol. The van der Waals surface area contributed by atoms with Gasteiger partial charge in [-0.05, 0) is 31.0 Å². The van der Waals surface area contributed by atoms with E-state index in [9.17, 15) is 4.79 Å². The Morgan fingerprint density at radius 3 is 2.70 bits per heavy atom. The van der Waals surface area contributed by atoms with Crippen LogP contribution in [0, 0.1) is 6.92 Å². The summed E-state index contributed by atoms with van der Waals surface area (Å²) < 4.78 is 5.16. The highest BCUT2D eigenvalue weighted by Gasteiger charge is 2.14. The van der Waals surface area contributed by atoms with Crippen LogP contribution >= 0.6 is 12.4 Å². The highest BCUT2D eigenvalue weighted by atomic mass is 35.5. The minimum absolute atomic E-state index is 0. The van der Waals surface area contributed by atoms with Crippen LogP contribution < -0.4 is 11.1 Å². The molecule has 0 fully saturated rings. The Labute approximate surface area is 124 Å². The van der Waals surface area contributed by atoms with Crippen LogP contribution in [-0.4, -0.2) is 5.91 Å². The summed E-state index contributed by atoms with van der Waals surface area (Å²) in [5, 5.41) is 2.95. The van der Waals surface area contributed by atoms with Gasteiger partial charge in [0.15, 0.2) is 0 Å². The van der Waals surface area contributed by atoms with Gasteiger partial charge in [0.2, 0.25) is 0 Å². The summed E-state index contributed by atoms with van der Waals surface area (Å²) in [5.41, 5.74) is 8.22. The van der Waals surface area contributed by atoms with Gasteiger partial charge in [-0.25, -0.2) is 0 Å². The Kier molecular flexibility index (Phi) is 5.80. The number of halogens is 1. The van der Waals surface area contributed by atoms with E-state index in [1.807, 2.05) is 38.1 Å². The van der Waals surface area contributed by atoms with Gasteiger partial charge in [-0.15, -0.1) is 12.4 Å². The molecule has 3 N–H and O–H groups in total. The molecule has 2 aromatic rings. The number of furan rings is 1. The van der Waals surface area contributed by atoms with Crippen LogP contribution in [0.3, 0.4) is 0 Å². The van der Waals surface area contributed by atoms with Crippen LogP contribution in [0.25, 0.3) is 0 Å². The fraction of sp³-hybridized carbons (Fsp3) is 0.267. The van der Waals surface area contributed by atoms with Crippen LogP contribution in [0.1, 0.15) is 40.2 Å². The second-order valence-electron chi connectivity index (χ2n) is 4.56. The molecule has 0 saturated carbocycles. The van der Waals surface area contributed by atoms with Crippen molar-refractivity contribution in [1.82, 2.24) is 5.32 Å². The number of benzene rings is 1. The molecular formula is C15H19ClN2O2. The third-order valence-electron chi connectivity index (χ3n) is 3.12. The number of nitrogens with two attached hydrogens (primary N) is 1. The molecule has 108 valence electrons. The molecule has 1 unspecified atom stereocenters. The molecule has 2 rings (SSSR count). The summed E-state index contributed by atoms with van der Waals surface area (Å²) in [6.45, 7) is 4.28. The first-order valence-corrected chi connectivity index (χ1v) is 6.25. The molecule has 20 heavy (non-hydrogen) atoms. The van der Waals surface area contributed by atoms with Crippen molar-refractivity contribution in [3.63, 3.8) is 0 Å². The number of carbonyl (C=O) groups is 1. The topological polar surface area (TPSA) is 68.3 Å². The average molecular weight is 295 g/mol. The van der Waals surface area contributed by atoms with E-state index in [0.29, 0.717) is 17.9 Å². The Balaban J connectivity index is 0.00000200. The van der Waals surface area contributed by atoms with Crippen LogP contribution in [-0.2, 0) is 6.54 Å². The summed E-state index contributed by atoms with van der Waals surface area (Å²) in [6, 6.07) is 9.61. The third kappa shape index (κ3) is 3.62. The lowest BCUT2D eigenvalue weighted by molar-refractivity contribution is 0.0939. The summed E-state index contributed by atoms with van der Waals surface area (Å²) in [7, 11) is 0. The summed E-state index contributed by atoms with van der Waals surface area (Å²) >= 11 is 0. The Hall–Kier alpha value is -1.78. The maximum atomic E-state index is 12.1. The lowest BCUT2D eigenvalue weighted by atomic mass is 10.0. The number of carbonyl (C=O) groups excluding carboxylic acids is 1. The zero-order valence-corrected chi connectivity index (χ0v) is 12.4. The Morgan fingerprint density at radius 1 is 1.40 bits per heavy atom. The lowest BCUT2D eigenvalue weighted by Crippen LogP contribution is -2.26. The largest absolute Gasteiger partial charge is 0.467 e. The molecule has 5 heteroatoms. The third-order valence-corrected chi connectivity index (χ3v) is 3.12. The van der Waals surface area contributed by atoms with Crippen molar-refractivity contribution in [1.29, 1.82) is 0 Å². The van der Waals surface area contributed by atoms with Crippen molar-refractivity contribution in [3.05, 3.63) is 59.0 Å². The van der Waals surface area contributed by atoms with Crippen LogP contribution in [0.4, 0.5) is 0 Å². The Morgan fingerprint density at radius 2 is 2.10 bits per heavy atom. The molecule has 0 bridgehead atoms. The lowest BCUT2D eigenvalue weighted by Gasteiger charge is -2.15. The highest BCUT2D eigenvalue weighted by Crippen LogP contribution is 2.17. The van der Waals surface area contributed by atoms with Gasteiger partial charge in [0.1, 0.15) is 12.0 Å². The van der Waals surface area contributed by atoms with Gasteiger partial charge in [-0.2, -0.15) is 0 Å². The van der Waals surface area contributed by atoms with E-state index in [1.54, 1.807) is 6.07 Å². The first-order valence-electron chi connectivity index (χ1n) is 6.25. The molecular weight excluding hydrogens is 276 g/mol. The van der Waals surface area contributed by atoms with Crippen molar-refractivity contribution in [3.8, 4) is 0 Å². The normalized spacial score (nSPS) is 11.6. The molecule has 0 aliphatic heterocycles. The van der Waals surface area contributed by atoms with E-state index in [2.05, 4.69) is 5.32 Å². The van der Waals surface area contributed by atoms with E-state index in [1.165, 1.54) is 6.26 Å². The Bertz CT molecular complexity index is 581. The molecule has 0 aliphatic rings. The molecule has 0 radical (unpaired) electrons. The average Bonchev–Trinajstić information content (AvgIpc) is 2.88. The fourth-order valence-corrected chi connectivity index (χ4v) is 2.04. The maximum Gasteiger partial charge on any atom is 0.255 e. The first-order chi connectivity index (χ1) is 9.11. The summed E-state index contributed by atoms with van der Waals surface area (Å²) in [4.78, 5) is 12.1. The van der Waals surface area contributed by atoms with Gasteiger partial charge >= 0.3 is 0 Å². The molecule has 0 saturated heterocycles. The van der Waals surface area contributed by atoms with Gasteiger partial charge in [-0.1, -0.05) is 24.3 Å². The number of amides is 1. The van der Waals surface area contributed by atoms with Crippen molar-refractivity contribution in [2.24, 2.45) is 5.73 Å². The fourth-order valence-electron chi connectivity index (χ4n) is 2.04. The molecule has 1 aromatic carbocycles. The molecule has 1 atom stereocenters. The predicted molar refractivity (Wildman–Crippen MR) is 80.9 cm³/mol. The van der Waals surface area contributed by atoms with E-state index in [0.717, 1.165) is 11.1 Å². The summed E-state index contributed by atoms with van der Waals surface area (Å²) in [6.07, 6.45) is 1.43.